The van der Waals surface area contributed by atoms with E-state index in [9.17, 15) is 22.4 Å². The summed E-state index contributed by atoms with van der Waals surface area (Å²) in [5, 5.41) is 0. The lowest BCUT2D eigenvalue weighted by Gasteiger charge is -2.31. The van der Waals surface area contributed by atoms with Crippen molar-refractivity contribution in [3.05, 3.63) is 130 Å². The van der Waals surface area contributed by atoms with Crippen molar-refractivity contribution in [2.24, 2.45) is 4.99 Å². The molecule has 1 aliphatic heterocycles. The van der Waals surface area contributed by atoms with Crippen LogP contribution in [0.1, 0.15) is 42.0 Å². The molecule has 2 heterocycles. The first kappa shape index (κ1) is 29.1. The molecular weight excluding hydrogens is 648 g/mol. The molecule has 220 valence electrons. The number of fused-ring (bicyclic) bond motifs is 1. The SMILES string of the molecule is O=c1c(=Cc2cccc(Br)c2)sc2n1C(c1ccc(OC(F)F)cc1)C1=C(N=2)C(=Cc2ccc(OC(F)F)cc2)CCC1. The molecule has 0 saturated carbocycles. The highest BCUT2D eigenvalue weighted by Gasteiger charge is 2.32. The largest absolute Gasteiger partial charge is 0.435 e. The highest BCUT2D eigenvalue weighted by molar-refractivity contribution is 9.10. The number of ether oxygens (including phenoxy) is 2. The van der Waals surface area contributed by atoms with E-state index in [4.69, 9.17) is 4.99 Å². The lowest BCUT2D eigenvalue weighted by Crippen LogP contribution is -2.39. The number of rotatable bonds is 7. The average molecular weight is 672 g/mol. The van der Waals surface area contributed by atoms with Crippen LogP contribution >= 0.6 is 27.3 Å². The third-order valence-corrected chi connectivity index (χ3v) is 8.62. The second-order valence-electron chi connectivity index (χ2n) is 9.93. The molecule has 0 amide bonds. The van der Waals surface area contributed by atoms with Gasteiger partial charge in [0.15, 0.2) is 4.80 Å². The van der Waals surface area contributed by atoms with Gasteiger partial charge in [0.05, 0.1) is 16.3 Å². The monoisotopic (exact) mass is 670 g/mol. The first-order chi connectivity index (χ1) is 20.7. The predicted molar refractivity (Wildman–Crippen MR) is 160 cm³/mol. The van der Waals surface area contributed by atoms with Crippen LogP contribution in [0, 0.1) is 0 Å². The number of hydrogen-bond acceptors (Lipinski definition) is 5. The average Bonchev–Trinajstić information content (AvgIpc) is 3.27. The minimum Gasteiger partial charge on any atom is -0.435 e. The van der Waals surface area contributed by atoms with Crippen molar-refractivity contribution in [1.82, 2.24) is 4.57 Å². The summed E-state index contributed by atoms with van der Waals surface area (Å²) in [5.74, 6) is 0.0951. The second kappa shape index (κ2) is 12.3. The van der Waals surface area contributed by atoms with Gasteiger partial charge in [-0.2, -0.15) is 17.6 Å². The van der Waals surface area contributed by atoms with E-state index < -0.39 is 19.3 Å². The molecule has 3 aromatic carbocycles. The first-order valence-corrected chi connectivity index (χ1v) is 15.0. The van der Waals surface area contributed by atoms with Gasteiger partial charge in [-0.3, -0.25) is 9.36 Å². The van der Waals surface area contributed by atoms with Crippen LogP contribution in [0.2, 0.25) is 0 Å². The van der Waals surface area contributed by atoms with Crippen LogP contribution < -0.4 is 24.4 Å². The predicted octanol–water partition coefficient (Wildman–Crippen LogP) is 7.45. The number of benzene rings is 3. The van der Waals surface area contributed by atoms with E-state index in [1.807, 2.05) is 36.4 Å². The van der Waals surface area contributed by atoms with E-state index >= 15 is 0 Å². The third kappa shape index (κ3) is 6.37. The summed E-state index contributed by atoms with van der Waals surface area (Å²) in [6.07, 6.45) is 6.02. The van der Waals surface area contributed by atoms with E-state index in [0.717, 1.165) is 50.8 Å². The van der Waals surface area contributed by atoms with Crippen molar-refractivity contribution in [1.29, 1.82) is 0 Å². The van der Waals surface area contributed by atoms with Crippen LogP contribution in [0.3, 0.4) is 0 Å². The maximum atomic E-state index is 13.9. The molecule has 4 aromatic rings. The highest BCUT2D eigenvalue weighted by Crippen LogP contribution is 2.41. The minimum absolute atomic E-state index is 0.0264. The van der Waals surface area contributed by atoms with Crippen LogP contribution in [-0.4, -0.2) is 17.8 Å². The molecule has 1 aliphatic carbocycles. The van der Waals surface area contributed by atoms with Crippen molar-refractivity contribution >= 4 is 39.4 Å². The summed E-state index contributed by atoms with van der Waals surface area (Å²) in [6.45, 7) is -5.85. The van der Waals surface area contributed by atoms with Crippen molar-refractivity contribution in [2.75, 3.05) is 0 Å². The van der Waals surface area contributed by atoms with Crippen LogP contribution in [0.15, 0.2) is 104 Å². The summed E-state index contributed by atoms with van der Waals surface area (Å²) >= 11 is 4.76. The van der Waals surface area contributed by atoms with E-state index in [1.54, 1.807) is 28.8 Å². The van der Waals surface area contributed by atoms with Gasteiger partial charge in [0, 0.05) is 4.47 Å². The van der Waals surface area contributed by atoms with Crippen molar-refractivity contribution in [3.63, 3.8) is 0 Å². The molecule has 0 saturated heterocycles. The zero-order valence-corrected chi connectivity index (χ0v) is 24.8. The van der Waals surface area contributed by atoms with Gasteiger partial charge in [-0.1, -0.05) is 63.7 Å². The van der Waals surface area contributed by atoms with Gasteiger partial charge >= 0.3 is 13.2 Å². The molecule has 6 rings (SSSR count). The number of halogens is 5. The summed E-state index contributed by atoms with van der Waals surface area (Å²) in [7, 11) is 0. The number of allylic oxidation sites excluding steroid dienone is 2. The van der Waals surface area contributed by atoms with E-state index in [1.165, 1.54) is 35.6 Å². The van der Waals surface area contributed by atoms with Crippen LogP contribution in [-0.2, 0) is 0 Å². The molecule has 0 bridgehead atoms. The Kier molecular flexibility index (Phi) is 8.36. The van der Waals surface area contributed by atoms with Gasteiger partial charge in [0.25, 0.3) is 5.56 Å². The molecule has 0 fully saturated rings. The molecular formula is C32H23BrF4N2O3S. The maximum absolute atomic E-state index is 13.9. The van der Waals surface area contributed by atoms with Crippen LogP contribution in [0.25, 0.3) is 12.2 Å². The number of hydrogen-bond donors (Lipinski definition) is 0. The Morgan fingerprint density at radius 1 is 0.884 bits per heavy atom. The van der Waals surface area contributed by atoms with Crippen molar-refractivity contribution < 1.29 is 27.0 Å². The molecule has 1 unspecified atom stereocenters. The summed E-state index contributed by atoms with van der Waals surface area (Å²) in [5.41, 5.74) is 4.87. The molecule has 2 aliphatic rings. The molecule has 1 atom stereocenters. The smallest absolute Gasteiger partial charge is 0.387 e. The molecule has 0 spiro atoms. The van der Waals surface area contributed by atoms with E-state index in [-0.39, 0.29) is 17.1 Å². The Bertz CT molecular complexity index is 1900. The maximum Gasteiger partial charge on any atom is 0.387 e. The Labute approximate surface area is 255 Å². The van der Waals surface area contributed by atoms with Gasteiger partial charge in [0.1, 0.15) is 11.5 Å². The molecule has 43 heavy (non-hydrogen) atoms. The molecule has 11 heteroatoms. The fourth-order valence-electron chi connectivity index (χ4n) is 5.38. The quantitative estimate of drug-likeness (QED) is 0.192. The fraction of sp³-hybridized carbons (Fsp3) is 0.188. The van der Waals surface area contributed by atoms with Gasteiger partial charge in [0.2, 0.25) is 0 Å². The number of aromatic nitrogens is 1. The Morgan fingerprint density at radius 2 is 1.56 bits per heavy atom. The topological polar surface area (TPSA) is 52.8 Å². The van der Waals surface area contributed by atoms with Gasteiger partial charge < -0.3 is 9.47 Å². The Hall–Kier alpha value is -3.96. The second-order valence-corrected chi connectivity index (χ2v) is 11.9. The van der Waals surface area contributed by atoms with E-state index in [0.29, 0.717) is 15.8 Å². The minimum atomic E-state index is -2.95. The Morgan fingerprint density at radius 3 is 2.21 bits per heavy atom. The summed E-state index contributed by atoms with van der Waals surface area (Å²) < 4.78 is 62.9. The molecule has 0 radical (unpaired) electrons. The van der Waals surface area contributed by atoms with Crippen LogP contribution in [0.5, 0.6) is 11.5 Å². The number of alkyl halides is 4. The Balaban J connectivity index is 1.49. The lowest BCUT2D eigenvalue weighted by atomic mass is 9.84. The summed E-state index contributed by atoms with van der Waals surface area (Å²) in [6, 6.07) is 19.8. The standard InChI is InChI=1S/C32H23BrF4N2O3S/c33-22-5-1-3-19(16-22)17-26-29(40)39-28(20-9-13-24(14-10-20)42-31(36)37)25-6-2-4-21(27(25)38-32(39)43-26)15-18-7-11-23(12-8-18)41-30(34)35/h1,3,5,7-17,28,30-31H,2,4,6H2. The van der Waals surface area contributed by atoms with Crippen LogP contribution in [0.4, 0.5) is 17.6 Å². The van der Waals surface area contributed by atoms with Gasteiger partial charge in [-0.15, -0.1) is 0 Å². The van der Waals surface area contributed by atoms with Crippen molar-refractivity contribution in [2.45, 2.75) is 38.5 Å². The molecule has 1 aromatic heterocycles. The molecule has 5 nitrogen and oxygen atoms in total. The van der Waals surface area contributed by atoms with Gasteiger partial charge in [-0.05, 0) is 95.6 Å². The number of thiazole rings is 1. The van der Waals surface area contributed by atoms with E-state index in [2.05, 4.69) is 25.4 Å². The van der Waals surface area contributed by atoms with Crippen molar-refractivity contribution in [3.8, 4) is 11.5 Å². The fourth-order valence-corrected chi connectivity index (χ4v) is 6.80. The first-order valence-electron chi connectivity index (χ1n) is 13.4. The summed E-state index contributed by atoms with van der Waals surface area (Å²) in [4.78, 5) is 19.4. The molecule has 0 N–H and O–H groups in total. The zero-order chi connectivity index (χ0) is 30.1. The lowest BCUT2D eigenvalue weighted by molar-refractivity contribution is -0.0505. The third-order valence-electron chi connectivity index (χ3n) is 7.15. The number of nitrogens with zero attached hydrogens (tertiary/aromatic N) is 2. The normalized spacial score (nSPS) is 17.7. The highest BCUT2D eigenvalue weighted by atomic mass is 79.9. The zero-order valence-electron chi connectivity index (χ0n) is 22.4. The van der Waals surface area contributed by atoms with Gasteiger partial charge in [-0.25, -0.2) is 4.99 Å².